The second-order valence-electron chi connectivity index (χ2n) is 4.21. The summed E-state index contributed by atoms with van der Waals surface area (Å²) in [6, 6.07) is 11.9. The molecule has 0 radical (unpaired) electrons. The molecule has 1 heterocycles. The molecule has 6 heteroatoms. The quantitative estimate of drug-likeness (QED) is 0.679. The normalized spacial score (nSPS) is 10.7. The van der Waals surface area contributed by atoms with Crippen LogP contribution in [-0.4, -0.2) is 9.55 Å². The van der Waals surface area contributed by atoms with E-state index < -0.39 is 5.82 Å². The Hall–Kier alpha value is -2.16. The molecule has 0 fully saturated rings. The highest BCUT2D eigenvalue weighted by Crippen LogP contribution is 2.25. The fraction of sp³-hybridized carbons (Fsp3) is 0. The number of nitriles is 1. The van der Waals surface area contributed by atoms with Crippen molar-refractivity contribution >= 4 is 34.9 Å². The smallest absolute Gasteiger partial charge is 0.182 e. The molecule has 0 saturated carbocycles. The molecular weight excluding hydrogens is 297 g/mol. The summed E-state index contributed by atoms with van der Waals surface area (Å²) in [6.07, 6.45) is 0. The number of H-pyrrole nitrogens is 1. The van der Waals surface area contributed by atoms with Crippen LogP contribution in [0.1, 0.15) is 5.56 Å². The van der Waals surface area contributed by atoms with Crippen molar-refractivity contribution in [3.05, 3.63) is 57.6 Å². The van der Waals surface area contributed by atoms with E-state index in [0.717, 1.165) is 5.69 Å². The van der Waals surface area contributed by atoms with Crippen molar-refractivity contribution in [2.75, 3.05) is 0 Å². The van der Waals surface area contributed by atoms with Crippen molar-refractivity contribution in [3.63, 3.8) is 0 Å². The molecule has 1 N–H and O–H groups in total. The van der Waals surface area contributed by atoms with Gasteiger partial charge in [-0.05, 0) is 36.5 Å². The third-order valence-electron chi connectivity index (χ3n) is 2.96. The van der Waals surface area contributed by atoms with Crippen LogP contribution in [0.5, 0.6) is 0 Å². The molecule has 1 aromatic heterocycles. The van der Waals surface area contributed by atoms with E-state index in [9.17, 15) is 4.39 Å². The molecule has 0 aliphatic carbocycles. The zero-order valence-electron chi connectivity index (χ0n) is 10.0. The maximum absolute atomic E-state index is 13.5. The van der Waals surface area contributed by atoms with Crippen molar-refractivity contribution in [2.24, 2.45) is 0 Å². The molecule has 0 spiro atoms. The van der Waals surface area contributed by atoms with Gasteiger partial charge in [0.1, 0.15) is 5.82 Å². The molecule has 3 aromatic rings. The van der Waals surface area contributed by atoms with Gasteiger partial charge in [-0.2, -0.15) is 5.26 Å². The summed E-state index contributed by atoms with van der Waals surface area (Å²) in [5.74, 6) is -0.506. The molecule has 3 rings (SSSR count). The molecular formula is C14H7ClFN3S. The molecule has 20 heavy (non-hydrogen) atoms. The Morgan fingerprint density at radius 1 is 1.30 bits per heavy atom. The standard InChI is InChI=1S/C14H7ClFN3S/c15-10-5-13-12(6-11(10)16)18-14(20)19(13)9-3-1-2-8(4-9)7-17/h1-6H,(H,18,20). The molecule has 98 valence electrons. The van der Waals surface area contributed by atoms with Crippen molar-refractivity contribution in [1.29, 1.82) is 5.26 Å². The fourth-order valence-corrected chi connectivity index (χ4v) is 2.54. The van der Waals surface area contributed by atoms with Gasteiger partial charge in [0, 0.05) is 11.8 Å². The van der Waals surface area contributed by atoms with Crippen molar-refractivity contribution in [1.82, 2.24) is 9.55 Å². The topological polar surface area (TPSA) is 44.5 Å². The lowest BCUT2D eigenvalue weighted by molar-refractivity contribution is 0.630. The van der Waals surface area contributed by atoms with Crippen LogP contribution in [-0.2, 0) is 0 Å². The number of nitrogens with one attached hydrogen (secondary N) is 1. The van der Waals surface area contributed by atoms with Gasteiger partial charge in [-0.25, -0.2) is 4.39 Å². The van der Waals surface area contributed by atoms with E-state index in [2.05, 4.69) is 11.1 Å². The SMILES string of the molecule is N#Cc1cccc(-n2c(=S)[nH]c3cc(F)c(Cl)cc32)c1. The summed E-state index contributed by atoms with van der Waals surface area (Å²) in [5.41, 5.74) is 2.46. The van der Waals surface area contributed by atoms with E-state index in [-0.39, 0.29) is 5.02 Å². The predicted octanol–water partition coefficient (Wildman–Crippen LogP) is 4.35. The fourth-order valence-electron chi connectivity index (χ4n) is 2.07. The van der Waals surface area contributed by atoms with Gasteiger partial charge in [0.2, 0.25) is 0 Å². The molecule has 0 unspecified atom stereocenters. The zero-order valence-corrected chi connectivity index (χ0v) is 11.6. The summed E-state index contributed by atoms with van der Waals surface area (Å²) in [5, 5.41) is 8.98. The summed E-state index contributed by atoms with van der Waals surface area (Å²) < 4.78 is 15.6. The van der Waals surface area contributed by atoms with Crippen LogP contribution in [0.2, 0.25) is 5.02 Å². The number of imidazole rings is 1. The molecule has 3 nitrogen and oxygen atoms in total. The average Bonchev–Trinajstić information content (AvgIpc) is 2.74. The third kappa shape index (κ3) is 1.99. The van der Waals surface area contributed by atoms with Crippen LogP contribution >= 0.6 is 23.8 Å². The Labute approximate surface area is 123 Å². The monoisotopic (exact) mass is 303 g/mol. The Kier molecular flexibility index (Phi) is 3.05. The minimum atomic E-state index is -0.506. The van der Waals surface area contributed by atoms with Crippen LogP contribution in [0, 0.1) is 21.9 Å². The van der Waals surface area contributed by atoms with Crippen molar-refractivity contribution < 1.29 is 4.39 Å². The Balaban J connectivity index is 2.36. The highest BCUT2D eigenvalue weighted by molar-refractivity contribution is 7.71. The summed E-state index contributed by atoms with van der Waals surface area (Å²) in [6.45, 7) is 0. The van der Waals surface area contributed by atoms with E-state index >= 15 is 0 Å². The first kappa shape index (κ1) is 12.9. The average molecular weight is 304 g/mol. The Bertz CT molecular complexity index is 920. The summed E-state index contributed by atoms with van der Waals surface area (Å²) in [7, 11) is 0. The number of hydrogen-bond donors (Lipinski definition) is 1. The maximum Gasteiger partial charge on any atom is 0.182 e. The number of aromatic nitrogens is 2. The summed E-state index contributed by atoms with van der Waals surface area (Å²) >= 11 is 11.1. The first-order chi connectivity index (χ1) is 9.60. The van der Waals surface area contributed by atoms with E-state index in [1.807, 2.05) is 6.07 Å². The van der Waals surface area contributed by atoms with Crippen LogP contribution in [0.4, 0.5) is 4.39 Å². The summed E-state index contributed by atoms with van der Waals surface area (Å²) in [4.78, 5) is 2.93. The number of hydrogen-bond acceptors (Lipinski definition) is 2. The zero-order chi connectivity index (χ0) is 14.3. The van der Waals surface area contributed by atoms with Crippen molar-refractivity contribution in [2.45, 2.75) is 0 Å². The number of benzene rings is 2. The molecule has 0 saturated heterocycles. The number of rotatable bonds is 1. The van der Waals surface area contributed by atoms with Crippen LogP contribution in [0.25, 0.3) is 16.7 Å². The van der Waals surface area contributed by atoms with Gasteiger partial charge in [-0.1, -0.05) is 17.7 Å². The van der Waals surface area contributed by atoms with Gasteiger partial charge in [-0.15, -0.1) is 0 Å². The molecule has 2 aromatic carbocycles. The lowest BCUT2D eigenvalue weighted by atomic mass is 10.2. The first-order valence-electron chi connectivity index (χ1n) is 5.70. The van der Waals surface area contributed by atoms with Gasteiger partial charge in [0.25, 0.3) is 0 Å². The molecule has 0 amide bonds. The van der Waals surface area contributed by atoms with Gasteiger partial charge in [-0.3, -0.25) is 4.57 Å². The minimum Gasteiger partial charge on any atom is -0.330 e. The molecule has 0 aliphatic rings. The predicted molar refractivity (Wildman–Crippen MR) is 78.1 cm³/mol. The second-order valence-corrected chi connectivity index (χ2v) is 5.01. The van der Waals surface area contributed by atoms with E-state index in [1.54, 1.807) is 22.8 Å². The lowest BCUT2D eigenvalue weighted by Crippen LogP contribution is -1.94. The van der Waals surface area contributed by atoms with Crippen LogP contribution < -0.4 is 0 Å². The molecule has 0 bridgehead atoms. The van der Waals surface area contributed by atoms with E-state index in [4.69, 9.17) is 29.1 Å². The Morgan fingerprint density at radius 3 is 2.85 bits per heavy atom. The van der Waals surface area contributed by atoms with Crippen LogP contribution in [0.3, 0.4) is 0 Å². The molecule has 0 aliphatic heterocycles. The second kappa shape index (κ2) is 4.75. The van der Waals surface area contributed by atoms with Crippen molar-refractivity contribution in [3.8, 4) is 11.8 Å². The highest BCUT2D eigenvalue weighted by atomic mass is 35.5. The number of nitrogens with zero attached hydrogens (tertiary/aromatic N) is 2. The van der Waals surface area contributed by atoms with Crippen LogP contribution in [0.15, 0.2) is 36.4 Å². The van der Waals surface area contributed by atoms with Gasteiger partial charge in [0.15, 0.2) is 4.77 Å². The first-order valence-corrected chi connectivity index (χ1v) is 6.49. The third-order valence-corrected chi connectivity index (χ3v) is 3.53. The largest absolute Gasteiger partial charge is 0.330 e. The lowest BCUT2D eigenvalue weighted by Gasteiger charge is -2.05. The van der Waals surface area contributed by atoms with Gasteiger partial charge in [0.05, 0.1) is 27.7 Å². The number of halogens is 2. The minimum absolute atomic E-state index is 0.0247. The molecule has 0 atom stereocenters. The van der Waals surface area contributed by atoms with Gasteiger partial charge < -0.3 is 4.98 Å². The van der Waals surface area contributed by atoms with E-state index in [0.29, 0.717) is 21.4 Å². The number of fused-ring (bicyclic) bond motifs is 1. The van der Waals surface area contributed by atoms with E-state index in [1.165, 1.54) is 12.1 Å². The highest BCUT2D eigenvalue weighted by Gasteiger charge is 2.10. The maximum atomic E-state index is 13.5. The number of aromatic amines is 1. The van der Waals surface area contributed by atoms with Gasteiger partial charge >= 0.3 is 0 Å². The Morgan fingerprint density at radius 2 is 2.10 bits per heavy atom.